The zero-order valence-electron chi connectivity index (χ0n) is 18.1. The molecule has 0 spiro atoms. The predicted molar refractivity (Wildman–Crippen MR) is 116 cm³/mol. The molecule has 0 saturated heterocycles. The van der Waals surface area contributed by atoms with Crippen LogP contribution >= 0.6 is 0 Å². The van der Waals surface area contributed by atoms with Gasteiger partial charge < -0.3 is 0 Å². The molecular formula is C23H25F2N7. The van der Waals surface area contributed by atoms with Crippen LogP contribution in [0.1, 0.15) is 55.0 Å². The maximum absolute atomic E-state index is 14.3. The SMILES string of the molecule is CCCC(F)(F)c1nc(CC)n(Cc2ccc(Cc3cccc(-c4nn[nH]n4)c3)cc2)n1. The summed E-state index contributed by atoms with van der Waals surface area (Å²) in [6.45, 7) is 4.04. The lowest BCUT2D eigenvalue weighted by atomic mass is 10.0. The Hall–Kier alpha value is -3.49. The average Bonchev–Trinajstić information content (AvgIpc) is 3.46. The number of benzene rings is 2. The Morgan fingerprint density at radius 2 is 1.78 bits per heavy atom. The lowest BCUT2D eigenvalue weighted by Gasteiger charge is -2.10. The van der Waals surface area contributed by atoms with Gasteiger partial charge in [-0.3, -0.25) is 0 Å². The fraction of sp³-hybridized carbons (Fsp3) is 0.348. The second kappa shape index (κ2) is 9.33. The van der Waals surface area contributed by atoms with E-state index in [1.807, 2.05) is 49.4 Å². The van der Waals surface area contributed by atoms with Crippen LogP contribution in [0.4, 0.5) is 8.78 Å². The van der Waals surface area contributed by atoms with Crippen molar-refractivity contribution in [3.05, 3.63) is 76.9 Å². The van der Waals surface area contributed by atoms with E-state index in [2.05, 4.69) is 36.8 Å². The molecule has 4 aromatic rings. The molecule has 7 nitrogen and oxygen atoms in total. The van der Waals surface area contributed by atoms with Gasteiger partial charge in [0.25, 0.3) is 0 Å². The molecule has 0 amide bonds. The number of H-pyrrole nitrogens is 1. The number of rotatable bonds is 9. The number of nitrogens with zero attached hydrogens (tertiary/aromatic N) is 6. The number of tetrazole rings is 1. The fourth-order valence-corrected chi connectivity index (χ4v) is 3.62. The molecule has 9 heteroatoms. The number of aromatic nitrogens is 7. The van der Waals surface area contributed by atoms with E-state index < -0.39 is 5.92 Å². The normalized spacial score (nSPS) is 11.8. The number of aryl methyl sites for hydroxylation is 1. The first kappa shape index (κ1) is 21.7. The highest BCUT2D eigenvalue weighted by atomic mass is 19.3. The third kappa shape index (κ3) is 4.87. The number of hydrogen-bond donors (Lipinski definition) is 1. The monoisotopic (exact) mass is 437 g/mol. The fourth-order valence-electron chi connectivity index (χ4n) is 3.62. The molecular weight excluding hydrogens is 412 g/mol. The van der Waals surface area contributed by atoms with Gasteiger partial charge in [-0.2, -0.15) is 14.0 Å². The number of halogens is 2. The van der Waals surface area contributed by atoms with Gasteiger partial charge in [-0.15, -0.1) is 15.3 Å². The molecule has 32 heavy (non-hydrogen) atoms. The van der Waals surface area contributed by atoms with E-state index in [1.165, 1.54) is 0 Å². The lowest BCUT2D eigenvalue weighted by molar-refractivity contribution is -0.0232. The summed E-state index contributed by atoms with van der Waals surface area (Å²) in [7, 11) is 0. The van der Waals surface area contributed by atoms with Crippen LogP contribution in [0.15, 0.2) is 48.5 Å². The molecule has 0 aliphatic heterocycles. The van der Waals surface area contributed by atoms with Gasteiger partial charge in [0.2, 0.25) is 11.6 Å². The van der Waals surface area contributed by atoms with E-state index in [9.17, 15) is 8.78 Å². The van der Waals surface area contributed by atoms with Crippen molar-refractivity contribution in [2.45, 2.75) is 52.0 Å². The number of nitrogens with one attached hydrogen (secondary N) is 1. The standard InChI is InChI=1S/C23H25F2N7/c1-3-12-23(24,25)22-26-20(4-2)32(29-22)15-17-10-8-16(9-11-17)13-18-6-5-7-19(14-18)21-27-30-31-28-21/h5-11,14H,3-4,12-13,15H2,1-2H3,(H,27,28,30,31). The Kier molecular flexibility index (Phi) is 6.34. The van der Waals surface area contributed by atoms with Crippen LogP contribution in [-0.2, 0) is 25.3 Å². The molecule has 4 rings (SSSR count). The highest BCUT2D eigenvalue weighted by Crippen LogP contribution is 2.30. The summed E-state index contributed by atoms with van der Waals surface area (Å²) in [5.74, 6) is -2.25. The first-order valence-electron chi connectivity index (χ1n) is 10.7. The van der Waals surface area contributed by atoms with E-state index in [1.54, 1.807) is 11.6 Å². The Bertz CT molecular complexity index is 1150. The topological polar surface area (TPSA) is 85.2 Å². The quantitative estimate of drug-likeness (QED) is 0.415. The molecule has 0 aliphatic rings. The van der Waals surface area contributed by atoms with Gasteiger partial charge in [-0.1, -0.05) is 56.3 Å². The van der Waals surface area contributed by atoms with Gasteiger partial charge in [0.05, 0.1) is 6.54 Å². The number of hydrogen-bond acceptors (Lipinski definition) is 5. The molecule has 2 aromatic heterocycles. The Labute approximate surface area is 184 Å². The summed E-state index contributed by atoms with van der Waals surface area (Å²) in [6, 6.07) is 16.1. The molecule has 2 aromatic carbocycles. The first-order valence-corrected chi connectivity index (χ1v) is 10.7. The highest BCUT2D eigenvalue weighted by molar-refractivity contribution is 5.55. The minimum absolute atomic E-state index is 0.247. The molecule has 1 N–H and O–H groups in total. The van der Waals surface area contributed by atoms with Crippen LogP contribution in [0, 0.1) is 0 Å². The minimum Gasteiger partial charge on any atom is -0.245 e. The molecule has 2 heterocycles. The molecule has 0 unspecified atom stereocenters. The van der Waals surface area contributed by atoms with Crippen molar-refractivity contribution in [2.24, 2.45) is 0 Å². The summed E-state index contributed by atoms with van der Waals surface area (Å²) < 4.78 is 30.1. The molecule has 0 atom stereocenters. The molecule has 0 bridgehead atoms. The summed E-state index contributed by atoms with van der Waals surface area (Å²) in [4.78, 5) is 4.10. The molecule has 0 radical (unpaired) electrons. The second-order valence-electron chi connectivity index (χ2n) is 7.75. The van der Waals surface area contributed by atoms with E-state index in [4.69, 9.17) is 0 Å². The van der Waals surface area contributed by atoms with E-state index >= 15 is 0 Å². The maximum atomic E-state index is 14.3. The smallest absolute Gasteiger partial charge is 0.245 e. The lowest BCUT2D eigenvalue weighted by Crippen LogP contribution is -2.15. The van der Waals surface area contributed by atoms with Crippen molar-refractivity contribution < 1.29 is 8.78 Å². The van der Waals surface area contributed by atoms with E-state index in [-0.39, 0.29) is 12.2 Å². The van der Waals surface area contributed by atoms with Crippen molar-refractivity contribution in [3.63, 3.8) is 0 Å². The van der Waals surface area contributed by atoms with Gasteiger partial charge in [0, 0.05) is 18.4 Å². The van der Waals surface area contributed by atoms with E-state index in [0.29, 0.717) is 31.0 Å². The van der Waals surface area contributed by atoms with Gasteiger partial charge in [-0.05, 0) is 40.8 Å². The maximum Gasteiger partial charge on any atom is 0.308 e. The Morgan fingerprint density at radius 3 is 2.47 bits per heavy atom. The third-order valence-corrected chi connectivity index (χ3v) is 5.25. The van der Waals surface area contributed by atoms with Crippen molar-refractivity contribution in [3.8, 4) is 11.4 Å². The van der Waals surface area contributed by atoms with Crippen molar-refractivity contribution in [1.82, 2.24) is 35.4 Å². The molecule has 0 saturated carbocycles. The van der Waals surface area contributed by atoms with Crippen molar-refractivity contribution in [2.75, 3.05) is 0 Å². The third-order valence-electron chi connectivity index (χ3n) is 5.25. The highest BCUT2D eigenvalue weighted by Gasteiger charge is 2.35. The number of alkyl halides is 2. The van der Waals surface area contributed by atoms with Crippen molar-refractivity contribution in [1.29, 1.82) is 0 Å². The second-order valence-corrected chi connectivity index (χ2v) is 7.75. The summed E-state index contributed by atoms with van der Waals surface area (Å²) in [5, 5.41) is 18.2. The predicted octanol–water partition coefficient (Wildman–Crippen LogP) is 4.55. The Balaban J connectivity index is 1.47. The van der Waals surface area contributed by atoms with Gasteiger partial charge in [-0.25, -0.2) is 9.67 Å². The summed E-state index contributed by atoms with van der Waals surface area (Å²) >= 11 is 0. The first-order chi connectivity index (χ1) is 15.5. The molecule has 0 aliphatic carbocycles. The van der Waals surface area contributed by atoms with Crippen LogP contribution in [0.2, 0.25) is 0 Å². The van der Waals surface area contributed by atoms with Crippen LogP contribution in [0.5, 0.6) is 0 Å². The summed E-state index contributed by atoms with van der Waals surface area (Å²) in [5.41, 5.74) is 4.16. The number of aromatic amines is 1. The van der Waals surface area contributed by atoms with Crippen LogP contribution in [0.3, 0.4) is 0 Å². The summed E-state index contributed by atoms with van der Waals surface area (Å²) in [6.07, 6.45) is 1.43. The van der Waals surface area contributed by atoms with Gasteiger partial charge >= 0.3 is 5.92 Å². The van der Waals surface area contributed by atoms with Crippen molar-refractivity contribution >= 4 is 0 Å². The van der Waals surface area contributed by atoms with Crippen LogP contribution in [-0.4, -0.2) is 35.4 Å². The average molecular weight is 437 g/mol. The Morgan fingerprint density at radius 1 is 1.00 bits per heavy atom. The molecule has 0 fully saturated rings. The largest absolute Gasteiger partial charge is 0.308 e. The zero-order valence-corrected chi connectivity index (χ0v) is 18.1. The zero-order chi connectivity index (χ0) is 22.6. The van der Waals surface area contributed by atoms with Crippen LogP contribution < -0.4 is 0 Å². The van der Waals surface area contributed by atoms with Gasteiger partial charge in [0.1, 0.15) is 5.82 Å². The van der Waals surface area contributed by atoms with Crippen LogP contribution in [0.25, 0.3) is 11.4 Å². The molecule has 166 valence electrons. The van der Waals surface area contributed by atoms with E-state index in [0.717, 1.165) is 28.7 Å². The van der Waals surface area contributed by atoms with Gasteiger partial charge in [0.15, 0.2) is 0 Å². The minimum atomic E-state index is -3.00.